The molecule has 0 spiro atoms. The van der Waals surface area contributed by atoms with E-state index in [0.29, 0.717) is 11.1 Å². The lowest BCUT2D eigenvalue weighted by atomic mass is 9.85. The highest BCUT2D eigenvalue weighted by Gasteiger charge is 2.22. The number of nitrogens with zero attached hydrogens (tertiary/aromatic N) is 1. The largest absolute Gasteiger partial charge is 0.302 e. The number of benzene rings is 1. The second-order valence-electron chi connectivity index (χ2n) is 4.10. The van der Waals surface area contributed by atoms with Gasteiger partial charge in [-0.3, -0.25) is 10.1 Å². The lowest BCUT2D eigenvalue weighted by Gasteiger charge is -2.17. The van der Waals surface area contributed by atoms with Crippen molar-refractivity contribution in [2.75, 3.05) is 0 Å². The fourth-order valence-electron chi connectivity index (χ4n) is 1.27. The molecule has 0 fully saturated rings. The highest BCUT2D eigenvalue weighted by atomic mass is 16.6. The van der Waals surface area contributed by atoms with E-state index in [9.17, 15) is 14.9 Å². The van der Waals surface area contributed by atoms with Gasteiger partial charge < -0.3 is 4.79 Å². The highest BCUT2D eigenvalue weighted by molar-refractivity contribution is 5.68. The van der Waals surface area contributed by atoms with Crippen molar-refractivity contribution in [3.8, 4) is 0 Å². The SMILES string of the molecule is Cc1ccc(C(C)(C)C=O)cc1[N+](=O)[O-]. The molecule has 1 aromatic carbocycles. The van der Waals surface area contributed by atoms with E-state index in [-0.39, 0.29) is 5.69 Å². The fourth-order valence-corrected chi connectivity index (χ4v) is 1.27. The zero-order chi connectivity index (χ0) is 11.6. The molecule has 0 aromatic heterocycles. The summed E-state index contributed by atoms with van der Waals surface area (Å²) < 4.78 is 0. The minimum Gasteiger partial charge on any atom is -0.302 e. The Morgan fingerprint density at radius 2 is 2.00 bits per heavy atom. The van der Waals surface area contributed by atoms with Gasteiger partial charge in [0.15, 0.2) is 0 Å². The standard InChI is InChI=1S/C11H13NO3/c1-8-4-5-9(11(2,3)7-13)6-10(8)12(14)15/h4-7H,1-3H3. The zero-order valence-corrected chi connectivity index (χ0v) is 8.98. The van der Waals surface area contributed by atoms with Crippen LogP contribution < -0.4 is 0 Å². The van der Waals surface area contributed by atoms with E-state index in [0.717, 1.165) is 6.29 Å². The summed E-state index contributed by atoms with van der Waals surface area (Å²) in [5.41, 5.74) is 0.640. The Morgan fingerprint density at radius 3 is 2.47 bits per heavy atom. The van der Waals surface area contributed by atoms with Gasteiger partial charge in [-0.05, 0) is 26.3 Å². The third kappa shape index (κ3) is 2.21. The number of nitro benzene ring substituents is 1. The molecule has 0 amide bonds. The van der Waals surface area contributed by atoms with E-state index >= 15 is 0 Å². The maximum absolute atomic E-state index is 10.8. The number of hydrogen-bond donors (Lipinski definition) is 0. The van der Waals surface area contributed by atoms with Gasteiger partial charge in [0.05, 0.1) is 4.92 Å². The Morgan fingerprint density at radius 1 is 1.40 bits per heavy atom. The Hall–Kier alpha value is -1.71. The minimum absolute atomic E-state index is 0.0578. The van der Waals surface area contributed by atoms with Gasteiger partial charge in [0, 0.05) is 17.0 Å². The quantitative estimate of drug-likeness (QED) is 0.434. The van der Waals surface area contributed by atoms with Crippen molar-refractivity contribution < 1.29 is 9.72 Å². The molecule has 0 N–H and O–H groups in total. The number of carbonyl (C=O) groups excluding carboxylic acids is 1. The summed E-state index contributed by atoms with van der Waals surface area (Å²) in [7, 11) is 0. The molecular formula is C11H13NO3. The van der Waals surface area contributed by atoms with Crippen LogP contribution in [-0.4, -0.2) is 11.2 Å². The number of aldehydes is 1. The van der Waals surface area contributed by atoms with Crippen LogP contribution in [0.4, 0.5) is 5.69 Å². The van der Waals surface area contributed by atoms with Crippen molar-refractivity contribution in [2.24, 2.45) is 0 Å². The predicted octanol–water partition coefficient (Wildman–Crippen LogP) is 2.38. The monoisotopic (exact) mass is 207 g/mol. The van der Waals surface area contributed by atoms with E-state index in [1.165, 1.54) is 6.07 Å². The molecule has 4 nitrogen and oxygen atoms in total. The third-order valence-corrected chi connectivity index (χ3v) is 2.44. The molecular weight excluding hydrogens is 194 g/mol. The van der Waals surface area contributed by atoms with Gasteiger partial charge in [-0.25, -0.2) is 0 Å². The Bertz CT molecular complexity index is 410. The Balaban J connectivity index is 3.30. The molecule has 0 unspecified atom stereocenters. The van der Waals surface area contributed by atoms with E-state index in [1.807, 2.05) is 0 Å². The summed E-state index contributed by atoms with van der Waals surface area (Å²) in [6.45, 7) is 5.14. The third-order valence-electron chi connectivity index (χ3n) is 2.44. The van der Waals surface area contributed by atoms with Crippen LogP contribution in [0.25, 0.3) is 0 Å². The van der Waals surface area contributed by atoms with Crippen LogP contribution in [0.3, 0.4) is 0 Å². The van der Waals surface area contributed by atoms with Crippen LogP contribution >= 0.6 is 0 Å². The van der Waals surface area contributed by atoms with Crippen molar-refractivity contribution in [1.82, 2.24) is 0 Å². The summed E-state index contributed by atoms with van der Waals surface area (Å²) in [5, 5.41) is 10.7. The van der Waals surface area contributed by atoms with Crippen LogP contribution in [0.1, 0.15) is 25.0 Å². The molecule has 1 aromatic rings. The molecule has 0 aliphatic carbocycles. The molecule has 0 saturated heterocycles. The van der Waals surface area contributed by atoms with Crippen LogP contribution in [0.2, 0.25) is 0 Å². The second-order valence-corrected chi connectivity index (χ2v) is 4.10. The summed E-state index contributed by atoms with van der Waals surface area (Å²) in [4.78, 5) is 21.1. The summed E-state index contributed by atoms with van der Waals surface area (Å²) in [6.07, 6.45) is 0.793. The Kier molecular flexibility index (Phi) is 2.88. The molecule has 0 radical (unpaired) electrons. The van der Waals surface area contributed by atoms with E-state index in [4.69, 9.17) is 0 Å². The van der Waals surface area contributed by atoms with Crippen LogP contribution in [0.15, 0.2) is 18.2 Å². The summed E-state index contributed by atoms with van der Waals surface area (Å²) in [5.74, 6) is 0. The molecule has 15 heavy (non-hydrogen) atoms. The van der Waals surface area contributed by atoms with Gasteiger partial charge in [0.2, 0.25) is 0 Å². The zero-order valence-electron chi connectivity index (χ0n) is 8.98. The fraction of sp³-hybridized carbons (Fsp3) is 0.364. The van der Waals surface area contributed by atoms with Gasteiger partial charge in [0.1, 0.15) is 6.29 Å². The molecule has 80 valence electrons. The lowest BCUT2D eigenvalue weighted by molar-refractivity contribution is -0.385. The molecule has 0 atom stereocenters. The predicted molar refractivity (Wildman–Crippen MR) is 56.9 cm³/mol. The smallest absolute Gasteiger partial charge is 0.272 e. The first-order valence-corrected chi connectivity index (χ1v) is 4.60. The number of aryl methyl sites for hydroxylation is 1. The molecule has 0 aliphatic heterocycles. The van der Waals surface area contributed by atoms with Crippen LogP contribution in [0.5, 0.6) is 0 Å². The van der Waals surface area contributed by atoms with Gasteiger partial charge in [-0.1, -0.05) is 12.1 Å². The first-order valence-electron chi connectivity index (χ1n) is 4.60. The average Bonchev–Trinajstić information content (AvgIpc) is 2.17. The summed E-state index contributed by atoms with van der Waals surface area (Å²) in [6, 6.07) is 4.87. The Labute approximate surface area is 88.1 Å². The normalized spacial score (nSPS) is 11.1. The molecule has 4 heteroatoms. The highest BCUT2D eigenvalue weighted by Crippen LogP contribution is 2.26. The van der Waals surface area contributed by atoms with Gasteiger partial charge in [0.25, 0.3) is 5.69 Å². The molecule has 1 rings (SSSR count). The first kappa shape index (κ1) is 11.4. The molecule has 0 saturated carbocycles. The van der Waals surface area contributed by atoms with E-state index in [2.05, 4.69) is 0 Å². The van der Waals surface area contributed by atoms with Crippen LogP contribution in [-0.2, 0) is 10.2 Å². The van der Waals surface area contributed by atoms with Gasteiger partial charge >= 0.3 is 0 Å². The van der Waals surface area contributed by atoms with Crippen molar-refractivity contribution in [1.29, 1.82) is 0 Å². The maximum atomic E-state index is 10.8. The molecule has 0 heterocycles. The van der Waals surface area contributed by atoms with Crippen molar-refractivity contribution in [3.05, 3.63) is 39.4 Å². The minimum atomic E-state index is -0.682. The van der Waals surface area contributed by atoms with Crippen molar-refractivity contribution in [2.45, 2.75) is 26.2 Å². The molecule has 0 bridgehead atoms. The van der Waals surface area contributed by atoms with Crippen LogP contribution in [0, 0.1) is 17.0 Å². The van der Waals surface area contributed by atoms with E-state index in [1.54, 1.807) is 32.9 Å². The average molecular weight is 207 g/mol. The van der Waals surface area contributed by atoms with Crippen molar-refractivity contribution in [3.63, 3.8) is 0 Å². The second kappa shape index (κ2) is 3.81. The number of carbonyl (C=O) groups is 1. The topological polar surface area (TPSA) is 60.2 Å². The summed E-state index contributed by atoms with van der Waals surface area (Å²) >= 11 is 0. The lowest BCUT2D eigenvalue weighted by Crippen LogP contribution is -2.18. The first-order chi connectivity index (χ1) is 6.88. The van der Waals surface area contributed by atoms with Gasteiger partial charge in [-0.15, -0.1) is 0 Å². The number of nitro groups is 1. The van der Waals surface area contributed by atoms with Gasteiger partial charge in [-0.2, -0.15) is 0 Å². The number of rotatable bonds is 3. The van der Waals surface area contributed by atoms with E-state index < -0.39 is 10.3 Å². The number of hydrogen-bond acceptors (Lipinski definition) is 3. The molecule has 0 aliphatic rings. The maximum Gasteiger partial charge on any atom is 0.272 e. The van der Waals surface area contributed by atoms with Crippen molar-refractivity contribution >= 4 is 12.0 Å².